The summed E-state index contributed by atoms with van der Waals surface area (Å²) in [5.74, 6) is 1.40. The van der Waals surface area contributed by atoms with Gasteiger partial charge in [0.1, 0.15) is 0 Å². The Bertz CT molecular complexity index is 385. The average Bonchev–Trinajstić information content (AvgIpc) is 2.38. The van der Waals surface area contributed by atoms with E-state index in [0.717, 1.165) is 16.5 Å². The fourth-order valence-electron chi connectivity index (χ4n) is 1.55. The highest BCUT2D eigenvalue weighted by Crippen LogP contribution is 2.37. The Kier molecular flexibility index (Phi) is 6.46. The van der Waals surface area contributed by atoms with Crippen LogP contribution in [0.4, 0.5) is 0 Å². The van der Waals surface area contributed by atoms with Gasteiger partial charge in [0.25, 0.3) is 0 Å². The largest absolute Gasteiger partial charge is 0.493 e. The van der Waals surface area contributed by atoms with Crippen molar-refractivity contribution < 1.29 is 14.2 Å². The van der Waals surface area contributed by atoms with Crippen LogP contribution in [0.2, 0.25) is 0 Å². The monoisotopic (exact) mass is 317 g/mol. The number of halogens is 1. The zero-order chi connectivity index (χ0) is 13.5. The second-order valence-corrected chi connectivity index (χ2v) is 4.88. The molecule has 0 saturated heterocycles. The van der Waals surface area contributed by atoms with Crippen LogP contribution in [0.25, 0.3) is 0 Å². The van der Waals surface area contributed by atoms with Gasteiger partial charge in [-0.2, -0.15) is 0 Å². The second-order valence-electron chi connectivity index (χ2n) is 4.02. The van der Waals surface area contributed by atoms with Crippen molar-refractivity contribution in [3.05, 3.63) is 22.2 Å². The normalized spacial score (nSPS) is 12.3. The molecule has 1 aromatic carbocycles. The molecule has 0 aliphatic rings. The van der Waals surface area contributed by atoms with Crippen molar-refractivity contribution in [2.45, 2.75) is 26.0 Å². The van der Waals surface area contributed by atoms with Gasteiger partial charge >= 0.3 is 0 Å². The van der Waals surface area contributed by atoms with Gasteiger partial charge in [-0.15, -0.1) is 0 Å². The number of hydrogen-bond acceptors (Lipinski definition) is 4. The zero-order valence-corrected chi connectivity index (χ0v) is 12.6. The van der Waals surface area contributed by atoms with Crippen molar-refractivity contribution in [3.8, 4) is 11.5 Å². The second kappa shape index (κ2) is 7.61. The Labute approximate surface area is 117 Å². The quantitative estimate of drug-likeness (QED) is 0.840. The molecule has 0 heterocycles. The Hall–Kier alpha value is -0.780. The van der Waals surface area contributed by atoms with Gasteiger partial charge in [-0.3, -0.25) is 0 Å². The Balaban J connectivity index is 2.86. The summed E-state index contributed by atoms with van der Waals surface area (Å²) in [5, 5.41) is 0. The number of hydrogen-bond donors (Lipinski definition) is 1. The van der Waals surface area contributed by atoms with Crippen molar-refractivity contribution in [1.82, 2.24) is 0 Å². The van der Waals surface area contributed by atoms with E-state index in [9.17, 15) is 0 Å². The summed E-state index contributed by atoms with van der Waals surface area (Å²) in [6, 6.07) is 3.84. The van der Waals surface area contributed by atoms with E-state index in [1.54, 1.807) is 14.2 Å². The van der Waals surface area contributed by atoms with Gasteiger partial charge in [0.05, 0.1) is 17.7 Å². The molecule has 0 amide bonds. The highest BCUT2D eigenvalue weighted by atomic mass is 79.9. The predicted molar refractivity (Wildman–Crippen MR) is 75.2 cm³/mol. The molecule has 4 nitrogen and oxygen atoms in total. The molecule has 0 radical (unpaired) electrons. The van der Waals surface area contributed by atoms with Crippen LogP contribution in [0.15, 0.2) is 16.6 Å². The van der Waals surface area contributed by atoms with Crippen molar-refractivity contribution in [2.24, 2.45) is 5.73 Å². The molecule has 1 unspecified atom stereocenters. The highest BCUT2D eigenvalue weighted by molar-refractivity contribution is 9.10. The van der Waals surface area contributed by atoms with Gasteiger partial charge in [0.2, 0.25) is 0 Å². The maximum atomic E-state index is 5.88. The van der Waals surface area contributed by atoms with Crippen LogP contribution >= 0.6 is 15.9 Å². The van der Waals surface area contributed by atoms with Crippen molar-refractivity contribution >= 4 is 15.9 Å². The lowest BCUT2D eigenvalue weighted by atomic mass is 10.2. The predicted octanol–water partition coefficient (Wildman–Crippen LogP) is 2.72. The van der Waals surface area contributed by atoms with E-state index in [4.69, 9.17) is 19.9 Å². The summed E-state index contributed by atoms with van der Waals surface area (Å²) >= 11 is 3.48. The lowest BCUT2D eigenvalue weighted by Crippen LogP contribution is -2.15. The summed E-state index contributed by atoms with van der Waals surface area (Å²) in [6.45, 7) is 3.14. The van der Waals surface area contributed by atoms with Crippen LogP contribution in [0, 0.1) is 0 Å². The van der Waals surface area contributed by atoms with Crippen LogP contribution < -0.4 is 15.2 Å². The van der Waals surface area contributed by atoms with E-state index in [1.165, 1.54) is 0 Å². The first-order valence-corrected chi connectivity index (χ1v) is 6.63. The Morgan fingerprint density at radius 1 is 1.33 bits per heavy atom. The van der Waals surface area contributed by atoms with Gasteiger partial charge in [-0.05, 0) is 40.5 Å². The Morgan fingerprint density at radius 3 is 2.61 bits per heavy atom. The zero-order valence-electron chi connectivity index (χ0n) is 11.0. The SMILES string of the molecule is COCCC(C)Oc1c(Br)cc(CN)cc1OC. The third kappa shape index (κ3) is 4.15. The van der Waals surface area contributed by atoms with Gasteiger partial charge < -0.3 is 19.9 Å². The van der Waals surface area contributed by atoms with Gasteiger partial charge in [-0.25, -0.2) is 0 Å². The molecule has 102 valence electrons. The van der Waals surface area contributed by atoms with Gasteiger partial charge in [-0.1, -0.05) is 0 Å². The van der Waals surface area contributed by atoms with Crippen molar-refractivity contribution in [3.63, 3.8) is 0 Å². The van der Waals surface area contributed by atoms with Crippen LogP contribution in [0.3, 0.4) is 0 Å². The van der Waals surface area contributed by atoms with E-state index in [0.29, 0.717) is 24.7 Å². The van der Waals surface area contributed by atoms with E-state index in [2.05, 4.69) is 15.9 Å². The standard InChI is InChI=1S/C13H20BrNO3/c1-9(4-5-16-2)18-13-11(14)6-10(8-15)7-12(13)17-3/h6-7,9H,4-5,8,15H2,1-3H3. The Morgan fingerprint density at radius 2 is 2.06 bits per heavy atom. The third-order valence-electron chi connectivity index (χ3n) is 2.57. The fraction of sp³-hybridized carbons (Fsp3) is 0.538. The average molecular weight is 318 g/mol. The molecular weight excluding hydrogens is 298 g/mol. The first kappa shape index (κ1) is 15.3. The van der Waals surface area contributed by atoms with E-state index < -0.39 is 0 Å². The number of benzene rings is 1. The molecule has 0 fully saturated rings. The lowest BCUT2D eigenvalue weighted by Gasteiger charge is -2.18. The number of methoxy groups -OCH3 is 2. The van der Waals surface area contributed by atoms with Gasteiger partial charge in [0.15, 0.2) is 11.5 Å². The van der Waals surface area contributed by atoms with E-state index >= 15 is 0 Å². The van der Waals surface area contributed by atoms with E-state index in [1.807, 2.05) is 19.1 Å². The van der Waals surface area contributed by atoms with Crippen LogP contribution in [0.1, 0.15) is 18.9 Å². The van der Waals surface area contributed by atoms with Gasteiger partial charge in [0, 0.05) is 26.7 Å². The molecule has 2 N–H and O–H groups in total. The molecule has 5 heteroatoms. The van der Waals surface area contributed by atoms with Crippen LogP contribution in [0.5, 0.6) is 11.5 Å². The third-order valence-corrected chi connectivity index (χ3v) is 3.16. The maximum absolute atomic E-state index is 5.88. The van der Waals surface area contributed by atoms with E-state index in [-0.39, 0.29) is 6.10 Å². The molecular formula is C13H20BrNO3. The molecule has 0 aromatic heterocycles. The molecule has 0 bridgehead atoms. The maximum Gasteiger partial charge on any atom is 0.175 e. The first-order chi connectivity index (χ1) is 8.62. The summed E-state index contributed by atoms with van der Waals surface area (Å²) in [6.07, 6.45) is 0.879. The molecule has 18 heavy (non-hydrogen) atoms. The lowest BCUT2D eigenvalue weighted by molar-refractivity contribution is 0.132. The van der Waals surface area contributed by atoms with Crippen LogP contribution in [-0.2, 0) is 11.3 Å². The first-order valence-electron chi connectivity index (χ1n) is 5.84. The molecule has 1 atom stereocenters. The number of ether oxygens (including phenoxy) is 3. The number of rotatable bonds is 7. The van der Waals surface area contributed by atoms with Crippen LogP contribution in [-0.4, -0.2) is 26.9 Å². The molecule has 0 spiro atoms. The smallest absolute Gasteiger partial charge is 0.175 e. The molecule has 1 rings (SSSR count). The minimum atomic E-state index is 0.0545. The fourth-order valence-corrected chi connectivity index (χ4v) is 2.13. The summed E-state index contributed by atoms with van der Waals surface area (Å²) in [4.78, 5) is 0. The molecule has 0 aliphatic carbocycles. The highest BCUT2D eigenvalue weighted by Gasteiger charge is 2.14. The summed E-state index contributed by atoms with van der Waals surface area (Å²) in [7, 11) is 3.30. The minimum absolute atomic E-state index is 0.0545. The topological polar surface area (TPSA) is 53.7 Å². The van der Waals surface area contributed by atoms with Crippen molar-refractivity contribution in [1.29, 1.82) is 0 Å². The number of nitrogens with two attached hydrogens (primary N) is 1. The molecule has 0 saturated carbocycles. The molecule has 1 aromatic rings. The minimum Gasteiger partial charge on any atom is -0.493 e. The molecule has 0 aliphatic heterocycles. The van der Waals surface area contributed by atoms with Crippen molar-refractivity contribution in [2.75, 3.05) is 20.8 Å². The summed E-state index contributed by atoms with van der Waals surface area (Å²) < 4.78 is 17.1. The summed E-state index contributed by atoms with van der Waals surface area (Å²) in [5.41, 5.74) is 6.62.